The van der Waals surface area contributed by atoms with Crippen molar-refractivity contribution in [3.05, 3.63) is 95.6 Å². The third kappa shape index (κ3) is 6.20. The molecule has 2 N–H and O–H groups in total. The minimum Gasteiger partial charge on any atom is -0.508 e. The smallest absolute Gasteiger partial charge is 0.334 e. The van der Waals surface area contributed by atoms with Gasteiger partial charge in [-0.25, -0.2) is 14.8 Å². The molecule has 6 rings (SSSR count). The van der Waals surface area contributed by atoms with Gasteiger partial charge in [-0.1, -0.05) is 60.7 Å². The second-order valence-electron chi connectivity index (χ2n) is 11.4. The summed E-state index contributed by atoms with van der Waals surface area (Å²) in [6.07, 6.45) is -0.445. The highest BCUT2D eigenvalue weighted by Crippen LogP contribution is 2.31. The summed E-state index contributed by atoms with van der Waals surface area (Å²) < 4.78 is 5.56. The summed E-state index contributed by atoms with van der Waals surface area (Å²) in [5.74, 6) is -0.261. The van der Waals surface area contributed by atoms with Crippen molar-refractivity contribution in [3.63, 3.8) is 0 Å². The summed E-state index contributed by atoms with van der Waals surface area (Å²) in [6.45, 7) is 3.61. The predicted octanol–water partition coefficient (Wildman–Crippen LogP) is 2.41. The highest BCUT2D eigenvalue weighted by molar-refractivity contribution is 5.91. The molecule has 4 amide bonds. The number of carbonyl (C=O) groups excluding carboxylic acids is 3. The van der Waals surface area contributed by atoms with Crippen LogP contribution in [0.2, 0.25) is 0 Å². The van der Waals surface area contributed by atoms with Gasteiger partial charge in [0, 0.05) is 45.3 Å². The molecule has 3 heterocycles. The van der Waals surface area contributed by atoms with Crippen LogP contribution in [-0.4, -0.2) is 101 Å². The molecule has 3 aromatic carbocycles. The first-order valence-corrected chi connectivity index (χ1v) is 15.0. The van der Waals surface area contributed by atoms with Crippen LogP contribution in [0.25, 0.3) is 0 Å². The van der Waals surface area contributed by atoms with Crippen LogP contribution in [0.15, 0.2) is 78.9 Å². The molecule has 0 aromatic heterocycles. The number of benzene rings is 3. The number of aromatic hydroxyl groups is 1. The van der Waals surface area contributed by atoms with Crippen molar-refractivity contribution >= 4 is 23.5 Å². The van der Waals surface area contributed by atoms with Crippen molar-refractivity contribution < 1.29 is 24.2 Å². The number of phenols is 1. The average molecular weight is 599 g/mol. The molecule has 3 aliphatic rings. The third-order valence-corrected chi connectivity index (χ3v) is 8.50. The lowest BCUT2D eigenvalue weighted by Crippen LogP contribution is -2.76. The van der Waals surface area contributed by atoms with Gasteiger partial charge in [0.15, 0.2) is 0 Å². The summed E-state index contributed by atoms with van der Waals surface area (Å²) in [7, 11) is 1.72. The lowest BCUT2D eigenvalue weighted by molar-refractivity contribution is -0.187. The molecule has 11 heteroatoms. The number of para-hydroxylation sites is 1. The lowest BCUT2D eigenvalue weighted by atomic mass is 9.98. The average Bonchev–Trinajstić information content (AvgIpc) is 3.04. The number of piperazine rings is 1. The molecule has 3 fully saturated rings. The first-order chi connectivity index (χ1) is 21.4. The number of carbonyl (C=O) groups is 3. The van der Waals surface area contributed by atoms with E-state index in [2.05, 4.69) is 16.3 Å². The molecule has 1 unspecified atom stereocenters. The number of urea groups is 1. The second kappa shape index (κ2) is 12.9. The zero-order chi connectivity index (χ0) is 30.6. The minimum absolute atomic E-state index is 0.0333. The van der Waals surface area contributed by atoms with Crippen LogP contribution in [-0.2, 0) is 33.8 Å². The Labute approximate surface area is 257 Å². The van der Waals surface area contributed by atoms with Crippen LogP contribution in [0.4, 0.5) is 10.5 Å². The van der Waals surface area contributed by atoms with Gasteiger partial charge in [0.2, 0.25) is 11.8 Å². The van der Waals surface area contributed by atoms with Crippen molar-refractivity contribution in [3.8, 4) is 5.75 Å². The van der Waals surface area contributed by atoms with Crippen molar-refractivity contribution in [2.45, 2.75) is 31.7 Å². The summed E-state index contributed by atoms with van der Waals surface area (Å²) in [5.41, 5.74) is 3.81. The number of hydrogen-bond acceptors (Lipinski definition) is 7. The zero-order valence-electron chi connectivity index (χ0n) is 24.8. The van der Waals surface area contributed by atoms with Crippen LogP contribution >= 0.6 is 0 Å². The van der Waals surface area contributed by atoms with Gasteiger partial charge in [-0.3, -0.25) is 9.59 Å². The second-order valence-corrected chi connectivity index (χ2v) is 11.4. The number of amides is 4. The Bertz CT molecular complexity index is 1480. The fourth-order valence-electron chi connectivity index (χ4n) is 6.32. The first kappa shape index (κ1) is 29.5. The fraction of sp³-hybridized carbons (Fsp3) is 0.364. The number of ether oxygens (including phenoxy) is 1. The monoisotopic (exact) mass is 598 g/mol. The highest BCUT2D eigenvalue weighted by atomic mass is 16.5. The van der Waals surface area contributed by atoms with Crippen LogP contribution in [0, 0.1) is 0 Å². The van der Waals surface area contributed by atoms with E-state index in [9.17, 15) is 19.5 Å². The molecule has 0 aliphatic carbocycles. The Morgan fingerprint density at radius 2 is 1.64 bits per heavy atom. The van der Waals surface area contributed by atoms with Gasteiger partial charge >= 0.3 is 6.03 Å². The molecule has 44 heavy (non-hydrogen) atoms. The molecule has 3 aromatic rings. The molecular formula is C33H38N6O5. The Kier molecular flexibility index (Phi) is 8.67. The van der Waals surface area contributed by atoms with Crippen LogP contribution in [0.1, 0.15) is 16.7 Å². The Morgan fingerprint density at radius 1 is 0.932 bits per heavy atom. The largest absolute Gasteiger partial charge is 0.508 e. The Morgan fingerprint density at radius 3 is 2.39 bits per heavy atom. The number of nitrogens with zero attached hydrogens (tertiary/aromatic N) is 5. The van der Waals surface area contributed by atoms with E-state index >= 15 is 0 Å². The summed E-state index contributed by atoms with van der Waals surface area (Å²) in [6, 6.07) is 23.2. The van der Waals surface area contributed by atoms with Crippen molar-refractivity contribution in [2.24, 2.45) is 0 Å². The highest BCUT2D eigenvalue weighted by Gasteiger charge is 2.50. The van der Waals surface area contributed by atoms with Crippen LogP contribution in [0.5, 0.6) is 5.75 Å². The number of hydrazine groups is 1. The Balaban J connectivity index is 1.32. The Hall–Kier alpha value is -4.61. The SMILES string of the molecule is CN1CC(=O)N2C(CN(Cc3ccccc3N3CCOCC3)C(=O)[C@@H]2Cc2ccc(O)cc2)N1C(=O)NCc1ccccc1. The molecule has 3 aliphatic heterocycles. The number of morpholine rings is 1. The van der Waals surface area contributed by atoms with Gasteiger partial charge in [0.1, 0.15) is 18.0 Å². The van der Waals surface area contributed by atoms with Crippen LogP contribution < -0.4 is 10.2 Å². The topological polar surface area (TPSA) is 109 Å². The summed E-state index contributed by atoms with van der Waals surface area (Å²) >= 11 is 0. The molecule has 2 atom stereocenters. The third-order valence-electron chi connectivity index (χ3n) is 8.50. The van der Waals surface area contributed by atoms with Gasteiger partial charge in [-0.2, -0.15) is 0 Å². The summed E-state index contributed by atoms with van der Waals surface area (Å²) in [5, 5.41) is 16.0. The van der Waals surface area contributed by atoms with Gasteiger partial charge < -0.3 is 29.9 Å². The van der Waals surface area contributed by atoms with Crippen molar-refractivity contribution in [1.29, 1.82) is 0 Å². The summed E-state index contributed by atoms with van der Waals surface area (Å²) in [4.78, 5) is 47.3. The minimum atomic E-state index is -0.820. The maximum absolute atomic E-state index is 14.3. The van der Waals surface area contributed by atoms with Gasteiger partial charge in [-0.15, -0.1) is 0 Å². The van der Waals surface area contributed by atoms with E-state index in [1.807, 2.05) is 48.5 Å². The van der Waals surface area contributed by atoms with E-state index in [1.165, 1.54) is 0 Å². The molecule has 230 valence electrons. The molecule has 11 nitrogen and oxygen atoms in total. The van der Waals surface area contributed by atoms with E-state index < -0.39 is 12.2 Å². The first-order valence-electron chi connectivity index (χ1n) is 15.0. The number of fused-ring (bicyclic) bond motifs is 1. The number of likely N-dealkylation sites (N-methyl/N-ethyl adjacent to an activating group) is 1. The number of nitrogens with one attached hydrogen (secondary N) is 1. The number of phenolic OH excluding ortho intramolecular Hbond substituents is 1. The predicted molar refractivity (Wildman–Crippen MR) is 164 cm³/mol. The van der Waals surface area contributed by atoms with Crippen LogP contribution in [0.3, 0.4) is 0 Å². The molecule has 3 saturated heterocycles. The number of hydrogen-bond donors (Lipinski definition) is 2. The molecular weight excluding hydrogens is 560 g/mol. The van der Waals surface area contributed by atoms with E-state index in [1.54, 1.807) is 51.1 Å². The van der Waals surface area contributed by atoms with Gasteiger partial charge in [0.25, 0.3) is 0 Å². The normalized spacial score (nSPS) is 20.9. The molecule has 0 radical (unpaired) electrons. The van der Waals surface area contributed by atoms with Crippen molar-refractivity contribution in [2.75, 3.05) is 51.3 Å². The van der Waals surface area contributed by atoms with Crippen molar-refractivity contribution in [1.82, 2.24) is 25.1 Å². The van der Waals surface area contributed by atoms with E-state index in [-0.39, 0.29) is 43.1 Å². The maximum Gasteiger partial charge on any atom is 0.334 e. The van der Waals surface area contributed by atoms with E-state index in [4.69, 9.17) is 4.74 Å². The molecule has 0 saturated carbocycles. The molecule has 0 bridgehead atoms. The molecule has 0 spiro atoms. The van der Waals surface area contributed by atoms with E-state index in [0.717, 1.165) is 35.5 Å². The standard InChI is InChI=1S/C33H38N6O5/c1-35-23-31(41)38-29(19-24-11-13-27(40)14-12-24)32(42)37(21-26-9-5-6-10-28(26)36-15-17-44-18-16-36)22-30(38)39(35)33(43)34-20-25-7-3-2-4-8-25/h2-14,29-30,40H,15-23H2,1H3,(H,34,43)/t29-,30?/m0/s1. The van der Waals surface area contributed by atoms with E-state index in [0.29, 0.717) is 26.3 Å². The van der Waals surface area contributed by atoms with Gasteiger partial charge in [0.05, 0.1) is 26.3 Å². The lowest BCUT2D eigenvalue weighted by Gasteiger charge is -2.54. The zero-order valence-corrected chi connectivity index (χ0v) is 24.8. The number of anilines is 1. The quantitative estimate of drug-likeness (QED) is 0.430. The fourth-order valence-corrected chi connectivity index (χ4v) is 6.32. The maximum atomic E-state index is 14.3. The van der Waals surface area contributed by atoms with Gasteiger partial charge in [-0.05, 0) is 34.9 Å². The number of rotatable bonds is 7.